The maximum atomic E-state index is 7.27. The molecule has 0 aliphatic carbocycles. The van der Waals surface area contributed by atoms with Crippen molar-refractivity contribution in [2.75, 3.05) is 0 Å². The van der Waals surface area contributed by atoms with Crippen molar-refractivity contribution in [1.82, 2.24) is 20.2 Å². The number of H-pyrrole nitrogens is 1. The fourth-order valence-corrected chi connectivity index (χ4v) is 0.765. The van der Waals surface area contributed by atoms with Gasteiger partial charge in [-0.05, 0) is 0 Å². The molecule has 2 aromatic rings. The van der Waals surface area contributed by atoms with Gasteiger partial charge in [0.1, 0.15) is 0 Å². The second kappa shape index (κ2) is 4.16. The molecule has 12 heavy (non-hydrogen) atoms. The largest absolute Gasteiger partial charge is 2.00 e. The van der Waals surface area contributed by atoms with Gasteiger partial charge in [0.2, 0.25) is 0 Å². The van der Waals surface area contributed by atoms with Crippen LogP contribution in [0.4, 0.5) is 5.82 Å². The molecule has 5 nitrogen and oxygen atoms in total. The molecule has 0 spiro atoms. The van der Waals surface area contributed by atoms with Crippen molar-refractivity contribution in [1.29, 1.82) is 0 Å². The molecule has 0 aliphatic heterocycles. The molecule has 0 fully saturated rings. The summed E-state index contributed by atoms with van der Waals surface area (Å²) in [6.45, 7) is 0. The standard InChI is InChI=1S/C5H4N5.CH3.W/c6-4-3-1-9-10-5(3)8-2-7-4;;/h1-2H,(H2-,6,7,8,9,10);1H3;/q2*-1;+2. The quantitative estimate of drug-likeness (QED) is 0.742. The van der Waals surface area contributed by atoms with E-state index >= 15 is 0 Å². The summed E-state index contributed by atoms with van der Waals surface area (Å²) >= 11 is 0. The van der Waals surface area contributed by atoms with Crippen LogP contribution in [-0.4, -0.2) is 20.2 Å². The average molecular weight is 333 g/mol. The Labute approximate surface area is 84.0 Å². The Morgan fingerprint density at radius 2 is 2.08 bits per heavy atom. The molecule has 0 radical (unpaired) electrons. The number of hydrogen-bond acceptors (Lipinski definition) is 3. The van der Waals surface area contributed by atoms with Crippen molar-refractivity contribution < 1.29 is 21.1 Å². The monoisotopic (exact) mass is 333 g/mol. The maximum Gasteiger partial charge on any atom is 2.00 e. The van der Waals surface area contributed by atoms with E-state index in [9.17, 15) is 0 Å². The minimum atomic E-state index is 0. The number of rotatable bonds is 0. The molecule has 62 valence electrons. The Bertz CT molecular complexity index is 357. The van der Waals surface area contributed by atoms with Crippen molar-refractivity contribution in [3.8, 4) is 0 Å². The Balaban J connectivity index is 0.000000605. The fourth-order valence-electron chi connectivity index (χ4n) is 0.765. The summed E-state index contributed by atoms with van der Waals surface area (Å²) in [6, 6.07) is 0. The van der Waals surface area contributed by atoms with Gasteiger partial charge in [-0.1, -0.05) is 5.82 Å². The van der Waals surface area contributed by atoms with E-state index < -0.39 is 0 Å². The number of nitrogens with one attached hydrogen (secondary N) is 2. The first-order valence-electron chi connectivity index (χ1n) is 2.73. The Hall–Kier alpha value is -0.962. The van der Waals surface area contributed by atoms with Gasteiger partial charge < -0.3 is 18.1 Å². The van der Waals surface area contributed by atoms with Crippen LogP contribution in [0.3, 0.4) is 0 Å². The third-order valence-electron chi connectivity index (χ3n) is 1.25. The Morgan fingerprint density at radius 3 is 2.75 bits per heavy atom. The van der Waals surface area contributed by atoms with E-state index in [0.29, 0.717) is 11.0 Å². The molecule has 0 bridgehead atoms. The van der Waals surface area contributed by atoms with E-state index in [0.717, 1.165) is 0 Å². The van der Waals surface area contributed by atoms with E-state index in [2.05, 4.69) is 20.2 Å². The average Bonchev–Trinajstić information content (AvgIpc) is 2.36. The number of aromatic nitrogens is 4. The van der Waals surface area contributed by atoms with Crippen LogP contribution in [-0.2, 0) is 21.1 Å². The van der Waals surface area contributed by atoms with Crippen LogP contribution >= 0.6 is 0 Å². The van der Waals surface area contributed by atoms with Crippen LogP contribution in [0, 0.1) is 7.43 Å². The van der Waals surface area contributed by atoms with Crippen molar-refractivity contribution in [2.24, 2.45) is 0 Å². The minimum absolute atomic E-state index is 0. The summed E-state index contributed by atoms with van der Waals surface area (Å²) < 4.78 is 0. The van der Waals surface area contributed by atoms with Crippen molar-refractivity contribution in [2.45, 2.75) is 0 Å². The van der Waals surface area contributed by atoms with Crippen molar-refractivity contribution in [3.05, 3.63) is 25.7 Å². The molecule has 0 saturated heterocycles. The summed E-state index contributed by atoms with van der Waals surface area (Å²) in [5, 5.41) is 7.01. The van der Waals surface area contributed by atoms with Crippen LogP contribution in [0.1, 0.15) is 0 Å². The van der Waals surface area contributed by atoms with Crippen LogP contribution in [0.15, 0.2) is 12.5 Å². The number of aromatic amines is 1. The normalized spacial score (nSPS) is 8.67. The molecule has 0 aliphatic rings. The van der Waals surface area contributed by atoms with Gasteiger partial charge in [-0.2, -0.15) is 5.10 Å². The molecule has 0 unspecified atom stereocenters. The Morgan fingerprint density at radius 1 is 1.33 bits per heavy atom. The second-order valence-electron chi connectivity index (χ2n) is 1.85. The van der Waals surface area contributed by atoms with Gasteiger partial charge in [-0.3, -0.25) is 5.10 Å². The van der Waals surface area contributed by atoms with Gasteiger partial charge in [0.05, 0.1) is 6.20 Å². The smallest absolute Gasteiger partial charge is 0.481 e. The van der Waals surface area contributed by atoms with Crippen molar-refractivity contribution >= 4 is 16.9 Å². The predicted octanol–water partition coefficient (Wildman–Crippen LogP) is 1.48. The first kappa shape index (κ1) is 11.0. The summed E-state index contributed by atoms with van der Waals surface area (Å²) in [5.74, 6) is 0.207. The van der Waals surface area contributed by atoms with E-state index in [1.165, 1.54) is 12.5 Å². The van der Waals surface area contributed by atoms with Crippen LogP contribution in [0.25, 0.3) is 16.8 Å². The number of hydrogen-bond donors (Lipinski definition) is 1. The predicted molar refractivity (Wildman–Crippen MR) is 42.1 cm³/mol. The second-order valence-corrected chi connectivity index (χ2v) is 1.85. The minimum Gasteiger partial charge on any atom is -0.481 e. The fraction of sp³-hybridized carbons (Fsp3) is 0. The molecule has 2 N–H and O–H groups in total. The zero-order valence-electron chi connectivity index (χ0n) is 6.40. The number of fused-ring (bicyclic) bond motifs is 1. The number of nitrogens with zero attached hydrogens (tertiary/aromatic N) is 3. The molecule has 2 rings (SSSR count). The molecule has 0 saturated carbocycles. The summed E-state index contributed by atoms with van der Waals surface area (Å²) in [4.78, 5) is 7.53. The first-order valence-corrected chi connectivity index (χ1v) is 2.73. The first-order chi connectivity index (χ1) is 4.88. The summed E-state index contributed by atoms with van der Waals surface area (Å²) in [6.07, 6.45) is 2.88. The molecule has 6 heteroatoms. The van der Waals surface area contributed by atoms with E-state index in [-0.39, 0.29) is 34.3 Å². The van der Waals surface area contributed by atoms with Gasteiger partial charge in [0, 0.05) is 11.7 Å². The summed E-state index contributed by atoms with van der Waals surface area (Å²) in [7, 11) is 0. The molecular formula is C6H7N5W. The third-order valence-corrected chi connectivity index (χ3v) is 1.25. The molecule has 2 aromatic heterocycles. The molecular weight excluding hydrogens is 326 g/mol. The van der Waals surface area contributed by atoms with Gasteiger partial charge in [0.15, 0.2) is 5.65 Å². The topological polar surface area (TPSA) is 78.3 Å². The Kier molecular flexibility index (Phi) is 3.83. The maximum absolute atomic E-state index is 7.27. The van der Waals surface area contributed by atoms with E-state index in [4.69, 9.17) is 5.73 Å². The van der Waals surface area contributed by atoms with Gasteiger partial charge >= 0.3 is 21.1 Å². The molecule has 0 aromatic carbocycles. The SMILES string of the molecule is [CH3-].[NH-]c1ncnc2[nH]ncc12.[W+2]. The third kappa shape index (κ3) is 1.61. The molecule has 0 atom stereocenters. The summed E-state index contributed by atoms with van der Waals surface area (Å²) in [5.41, 5.74) is 7.88. The van der Waals surface area contributed by atoms with Crippen molar-refractivity contribution in [3.63, 3.8) is 0 Å². The van der Waals surface area contributed by atoms with Crippen LogP contribution < -0.4 is 0 Å². The molecule has 0 amide bonds. The van der Waals surface area contributed by atoms with Gasteiger partial charge in [0.25, 0.3) is 0 Å². The van der Waals surface area contributed by atoms with E-state index in [1.54, 1.807) is 0 Å². The van der Waals surface area contributed by atoms with Gasteiger partial charge in [-0.15, -0.1) is 0 Å². The zero-order chi connectivity index (χ0) is 6.97. The molecule has 2 heterocycles. The van der Waals surface area contributed by atoms with Gasteiger partial charge in [-0.25, -0.2) is 4.98 Å². The van der Waals surface area contributed by atoms with Crippen LogP contribution in [0.5, 0.6) is 0 Å². The van der Waals surface area contributed by atoms with E-state index in [1.807, 2.05) is 0 Å². The van der Waals surface area contributed by atoms with Crippen LogP contribution in [0.2, 0.25) is 0 Å². The zero-order valence-corrected chi connectivity index (χ0v) is 9.34.